The van der Waals surface area contributed by atoms with Gasteiger partial charge in [0.05, 0.1) is 13.2 Å². The number of aliphatic carboxylic acids is 1. The predicted octanol–water partition coefficient (Wildman–Crippen LogP) is 11.5. The first-order valence-electron chi connectivity index (χ1n) is 22.1. The smallest absolute Gasteiger partial charge is 0.472 e. The molecule has 3 unspecified atom stereocenters. The number of hydrogen-bond acceptors (Lipinski definition) is 9. The lowest BCUT2D eigenvalue weighted by molar-refractivity contribution is -0.161. The largest absolute Gasteiger partial charge is 0.480 e. The molecule has 0 amide bonds. The van der Waals surface area contributed by atoms with Crippen LogP contribution in [0.25, 0.3) is 0 Å². The monoisotopic (exact) mass is 792 g/mol. The van der Waals surface area contributed by atoms with Crippen LogP contribution in [0.15, 0.2) is 0 Å². The van der Waals surface area contributed by atoms with E-state index in [0.717, 1.165) is 38.5 Å². The van der Waals surface area contributed by atoms with Gasteiger partial charge in [-0.1, -0.05) is 194 Å². The molecule has 0 saturated heterocycles. The normalized spacial score (nSPS) is 13.7. The van der Waals surface area contributed by atoms with Crippen molar-refractivity contribution in [3.8, 4) is 0 Å². The minimum Gasteiger partial charge on any atom is -0.480 e. The van der Waals surface area contributed by atoms with E-state index in [1.807, 2.05) is 0 Å². The van der Waals surface area contributed by atoms with Crippen LogP contribution in [0.4, 0.5) is 0 Å². The third kappa shape index (κ3) is 37.4. The SMILES string of the molecule is CCCCCCCCCCCCCCCCCCCC(=O)OC(COC(=O)CCCCCCCCCCCCCCC)COP(=O)(O)OCC(N)C(=O)O. The molecule has 0 heterocycles. The van der Waals surface area contributed by atoms with Gasteiger partial charge >= 0.3 is 25.7 Å². The summed E-state index contributed by atoms with van der Waals surface area (Å²) < 4.78 is 32.7. The zero-order chi connectivity index (χ0) is 40.0. The molecule has 0 radical (unpaired) electrons. The van der Waals surface area contributed by atoms with E-state index in [-0.39, 0.29) is 19.4 Å². The molecule has 3 atom stereocenters. The second-order valence-electron chi connectivity index (χ2n) is 15.2. The number of carboxylic acid groups (broad SMARTS) is 1. The van der Waals surface area contributed by atoms with E-state index in [1.54, 1.807) is 0 Å². The van der Waals surface area contributed by atoms with Crippen molar-refractivity contribution in [2.45, 2.75) is 231 Å². The highest BCUT2D eigenvalue weighted by molar-refractivity contribution is 7.47. The number of phosphoric ester groups is 1. The van der Waals surface area contributed by atoms with Gasteiger partial charge in [0.15, 0.2) is 6.10 Å². The second kappa shape index (κ2) is 38.4. The topological polar surface area (TPSA) is 172 Å². The molecule has 0 rings (SSSR count). The van der Waals surface area contributed by atoms with Crippen molar-refractivity contribution in [1.29, 1.82) is 0 Å². The van der Waals surface area contributed by atoms with Crippen LogP contribution in [0.3, 0.4) is 0 Å². The molecule has 0 aliphatic rings. The van der Waals surface area contributed by atoms with Crippen molar-refractivity contribution in [3.63, 3.8) is 0 Å². The van der Waals surface area contributed by atoms with Crippen LogP contribution < -0.4 is 5.73 Å². The fraction of sp³-hybridized carbons (Fsp3) is 0.929. The predicted molar refractivity (Wildman–Crippen MR) is 217 cm³/mol. The molecule has 0 bridgehead atoms. The van der Waals surface area contributed by atoms with Gasteiger partial charge in [-0.2, -0.15) is 0 Å². The Morgan fingerprint density at radius 3 is 1.17 bits per heavy atom. The minimum absolute atomic E-state index is 0.169. The number of ether oxygens (including phenoxy) is 2. The number of carboxylic acids is 1. The Morgan fingerprint density at radius 1 is 0.500 bits per heavy atom. The Kier molecular flexibility index (Phi) is 37.3. The van der Waals surface area contributed by atoms with Gasteiger partial charge in [0.1, 0.15) is 12.6 Å². The van der Waals surface area contributed by atoms with Crippen LogP contribution in [-0.4, -0.2) is 59.9 Å². The molecule has 11 nitrogen and oxygen atoms in total. The summed E-state index contributed by atoms with van der Waals surface area (Å²) in [4.78, 5) is 45.9. The average Bonchev–Trinajstić information content (AvgIpc) is 3.14. The molecule has 320 valence electrons. The van der Waals surface area contributed by atoms with E-state index in [2.05, 4.69) is 18.4 Å². The summed E-state index contributed by atoms with van der Waals surface area (Å²) in [6, 6.07) is -1.52. The fourth-order valence-electron chi connectivity index (χ4n) is 6.36. The van der Waals surface area contributed by atoms with Crippen molar-refractivity contribution in [3.05, 3.63) is 0 Å². The van der Waals surface area contributed by atoms with Crippen LogP contribution in [-0.2, 0) is 37.5 Å². The molecule has 0 aromatic carbocycles. The van der Waals surface area contributed by atoms with Gasteiger partial charge in [-0.15, -0.1) is 0 Å². The molecule has 0 aromatic rings. The Labute approximate surface area is 329 Å². The Bertz CT molecular complexity index is 937. The second-order valence-corrected chi connectivity index (χ2v) is 16.7. The third-order valence-corrected chi connectivity index (χ3v) is 10.8. The highest BCUT2D eigenvalue weighted by Gasteiger charge is 2.28. The van der Waals surface area contributed by atoms with E-state index >= 15 is 0 Å². The third-order valence-electron chi connectivity index (χ3n) is 9.86. The highest BCUT2D eigenvalue weighted by atomic mass is 31.2. The molecule has 0 spiro atoms. The van der Waals surface area contributed by atoms with Gasteiger partial charge in [0, 0.05) is 12.8 Å². The number of hydrogen-bond donors (Lipinski definition) is 3. The molecule has 54 heavy (non-hydrogen) atoms. The van der Waals surface area contributed by atoms with Crippen molar-refractivity contribution in [2.24, 2.45) is 5.73 Å². The maximum atomic E-state index is 12.6. The van der Waals surface area contributed by atoms with Crippen molar-refractivity contribution in [2.75, 3.05) is 19.8 Å². The van der Waals surface area contributed by atoms with Crippen LogP contribution >= 0.6 is 7.82 Å². The standard InChI is InChI=1S/C42H82NO10P/c1-3-5-7-9-11-13-15-17-18-19-20-22-24-26-28-30-32-34-41(45)53-38(36-51-54(48,49)52-37-39(43)42(46)47)35-50-40(44)33-31-29-27-25-23-21-16-14-12-10-8-6-4-2/h38-39H,3-37,43H2,1-2H3,(H,46,47)(H,48,49). The molecular formula is C42H82NO10P. The zero-order valence-corrected chi connectivity index (χ0v) is 35.5. The summed E-state index contributed by atoms with van der Waals surface area (Å²) in [6.07, 6.45) is 35.9. The lowest BCUT2D eigenvalue weighted by Gasteiger charge is -2.20. The quantitative estimate of drug-likeness (QED) is 0.0305. The van der Waals surface area contributed by atoms with Crippen LogP contribution in [0.1, 0.15) is 219 Å². The van der Waals surface area contributed by atoms with Crippen molar-refractivity contribution >= 4 is 25.7 Å². The Balaban J connectivity index is 4.30. The minimum atomic E-state index is -4.71. The van der Waals surface area contributed by atoms with Gasteiger partial charge in [-0.25, -0.2) is 4.57 Å². The number of nitrogens with two attached hydrogens (primary N) is 1. The fourth-order valence-corrected chi connectivity index (χ4v) is 7.14. The molecule has 4 N–H and O–H groups in total. The number of esters is 2. The van der Waals surface area contributed by atoms with Gasteiger partial charge in [0.25, 0.3) is 0 Å². The lowest BCUT2D eigenvalue weighted by atomic mass is 10.0. The summed E-state index contributed by atoms with van der Waals surface area (Å²) in [5.41, 5.74) is 5.33. The van der Waals surface area contributed by atoms with Gasteiger partial charge in [0.2, 0.25) is 0 Å². The van der Waals surface area contributed by atoms with Crippen LogP contribution in [0, 0.1) is 0 Å². The number of phosphoric acid groups is 1. The summed E-state index contributed by atoms with van der Waals surface area (Å²) in [5.74, 6) is -2.36. The Hall–Kier alpha value is -1.52. The average molecular weight is 792 g/mol. The van der Waals surface area contributed by atoms with Crippen LogP contribution in [0.5, 0.6) is 0 Å². The van der Waals surface area contributed by atoms with Crippen molar-refractivity contribution in [1.82, 2.24) is 0 Å². The molecular weight excluding hydrogens is 709 g/mol. The highest BCUT2D eigenvalue weighted by Crippen LogP contribution is 2.43. The maximum absolute atomic E-state index is 12.6. The van der Waals surface area contributed by atoms with E-state index in [1.165, 1.54) is 141 Å². The Morgan fingerprint density at radius 2 is 0.815 bits per heavy atom. The summed E-state index contributed by atoms with van der Waals surface area (Å²) in [5, 5.41) is 8.88. The van der Waals surface area contributed by atoms with Gasteiger partial charge in [-0.05, 0) is 12.8 Å². The van der Waals surface area contributed by atoms with Gasteiger partial charge in [-0.3, -0.25) is 23.4 Å². The lowest BCUT2D eigenvalue weighted by Crippen LogP contribution is -2.34. The first-order chi connectivity index (χ1) is 26.1. The number of carbonyl (C=O) groups is 3. The molecule has 0 aliphatic heterocycles. The summed E-state index contributed by atoms with van der Waals surface area (Å²) >= 11 is 0. The molecule has 0 aliphatic carbocycles. The molecule has 0 saturated carbocycles. The number of carbonyl (C=O) groups excluding carboxylic acids is 2. The first kappa shape index (κ1) is 52.5. The van der Waals surface area contributed by atoms with Gasteiger partial charge < -0.3 is 25.2 Å². The maximum Gasteiger partial charge on any atom is 0.472 e. The van der Waals surface area contributed by atoms with Crippen molar-refractivity contribution < 1.29 is 47.5 Å². The van der Waals surface area contributed by atoms with Crippen LogP contribution in [0.2, 0.25) is 0 Å². The summed E-state index contributed by atoms with van der Waals surface area (Å²) in [6.45, 7) is 2.83. The van der Waals surface area contributed by atoms with E-state index in [4.69, 9.17) is 24.8 Å². The molecule has 0 fully saturated rings. The van der Waals surface area contributed by atoms with E-state index in [0.29, 0.717) is 12.8 Å². The first-order valence-corrected chi connectivity index (χ1v) is 23.6. The zero-order valence-electron chi connectivity index (χ0n) is 34.6. The molecule has 0 aromatic heterocycles. The number of rotatable bonds is 42. The molecule has 12 heteroatoms. The van der Waals surface area contributed by atoms with E-state index in [9.17, 15) is 23.8 Å². The number of unbranched alkanes of at least 4 members (excludes halogenated alkanes) is 28. The van der Waals surface area contributed by atoms with E-state index < -0.39 is 51.1 Å². The summed E-state index contributed by atoms with van der Waals surface area (Å²) in [7, 11) is -4.71.